The Balaban J connectivity index is 1.35. The molecule has 1 aromatic carbocycles. The van der Waals surface area contributed by atoms with E-state index in [1.165, 1.54) is 29.5 Å². The minimum Gasteiger partial charge on any atom is -0.454 e. The average Bonchev–Trinajstić information content (AvgIpc) is 3.42. The molecule has 0 aliphatic carbocycles. The molecule has 0 bridgehead atoms. The molecule has 1 amide bonds. The van der Waals surface area contributed by atoms with Gasteiger partial charge in [-0.25, -0.2) is 0 Å². The summed E-state index contributed by atoms with van der Waals surface area (Å²) in [6, 6.07) is 7.68. The topological polar surface area (TPSA) is 91.8 Å². The van der Waals surface area contributed by atoms with Gasteiger partial charge in [-0.05, 0) is 30.5 Å². The van der Waals surface area contributed by atoms with Gasteiger partial charge in [-0.15, -0.1) is 0 Å². The van der Waals surface area contributed by atoms with Crippen LogP contribution >= 0.6 is 24.0 Å². The number of oxazole rings is 1. The minimum atomic E-state index is -0.217. The quantitative estimate of drug-likeness (QED) is 0.486. The lowest BCUT2D eigenvalue weighted by Gasteiger charge is -2.18. The molecule has 10 heteroatoms. The van der Waals surface area contributed by atoms with Gasteiger partial charge in [-0.1, -0.05) is 42.9 Å². The first-order chi connectivity index (χ1) is 15.6. The van der Waals surface area contributed by atoms with Gasteiger partial charge in [0.25, 0.3) is 5.91 Å². The summed E-state index contributed by atoms with van der Waals surface area (Å²) in [4.78, 5) is 21.3. The van der Waals surface area contributed by atoms with Crippen molar-refractivity contribution in [3.05, 3.63) is 40.3 Å². The normalized spacial score (nSPS) is 19.5. The summed E-state index contributed by atoms with van der Waals surface area (Å²) in [5.41, 5.74) is 1.13. The van der Waals surface area contributed by atoms with Crippen LogP contribution in [-0.4, -0.2) is 40.0 Å². The van der Waals surface area contributed by atoms with Gasteiger partial charge in [0.1, 0.15) is 10.4 Å². The van der Waals surface area contributed by atoms with E-state index in [2.05, 4.69) is 16.0 Å². The molecule has 3 aliphatic rings. The second-order valence-corrected chi connectivity index (χ2v) is 9.35. The number of rotatable bonds is 4. The Labute approximate surface area is 194 Å². The van der Waals surface area contributed by atoms with Crippen molar-refractivity contribution in [1.82, 2.24) is 9.88 Å². The number of anilines is 1. The zero-order valence-electron chi connectivity index (χ0n) is 17.2. The molecule has 32 heavy (non-hydrogen) atoms. The van der Waals surface area contributed by atoms with E-state index in [0.29, 0.717) is 33.2 Å². The molecule has 2 saturated heterocycles. The molecule has 0 spiro atoms. The van der Waals surface area contributed by atoms with Crippen molar-refractivity contribution in [2.24, 2.45) is 0 Å². The summed E-state index contributed by atoms with van der Waals surface area (Å²) in [5, 5.41) is 9.52. The molecule has 2 aromatic rings. The lowest BCUT2D eigenvalue weighted by Crippen LogP contribution is -2.27. The Bertz CT molecular complexity index is 1150. The summed E-state index contributed by atoms with van der Waals surface area (Å²) < 4.78 is 17.1. The summed E-state index contributed by atoms with van der Waals surface area (Å²) in [6.45, 7) is 2.19. The molecule has 0 atom stereocenters. The molecule has 0 radical (unpaired) electrons. The number of carbonyl (C=O) groups is 1. The van der Waals surface area contributed by atoms with Crippen molar-refractivity contribution in [3.8, 4) is 17.6 Å². The first kappa shape index (κ1) is 20.8. The van der Waals surface area contributed by atoms with Crippen LogP contribution in [0.15, 0.2) is 27.5 Å². The van der Waals surface area contributed by atoms with Gasteiger partial charge >= 0.3 is 0 Å². The molecule has 3 aliphatic heterocycles. The van der Waals surface area contributed by atoms with E-state index in [9.17, 15) is 10.1 Å². The molecular weight excluding hydrogens is 448 g/mol. The van der Waals surface area contributed by atoms with Crippen molar-refractivity contribution in [3.63, 3.8) is 0 Å². The molecule has 1 aromatic heterocycles. The maximum Gasteiger partial charge on any atom is 0.266 e. The van der Waals surface area contributed by atoms with Crippen molar-refractivity contribution in [2.75, 3.05) is 24.8 Å². The molecule has 4 heterocycles. The van der Waals surface area contributed by atoms with E-state index in [4.69, 9.17) is 26.1 Å². The second kappa shape index (κ2) is 8.84. The highest BCUT2D eigenvalue weighted by Crippen LogP contribution is 2.37. The molecular formula is C22H20N4O4S2. The van der Waals surface area contributed by atoms with Gasteiger partial charge in [-0.3, -0.25) is 9.69 Å². The first-order valence-electron chi connectivity index (χ1n) is 10.4. The van der Waals surface area contributed by atoms with E-state index in [0.717, 1.165) is 31.5 Å². The van der Waals surface area contributed by atoms with Gasteiger partial charge in [0.05, 0.1) is 11.4 Å². The Morgan fingerprint density at radius 1 is 1.19 bits per heavy atom. The summed E-state index contributed by atoms with van der Waals surface area (Å²) in [6.07, 6.45) is 6.02. The van der Waals surface area contributed by atoms with Crippen molar-refractivity contribution < 1.29 is 18.7 Å². The third-order valence-electron chi connectivity index (χ3n) is 5.53. The lowest BCUT2D eigenvalue weighted by atomic mass is 10.2. The molecule has 2 fully saturated rings. The summed E-state index contributed by atoms with van der Waals surface area (Å²) in [7, 11) is 0. The Morgan fingerprint density at radius 3 is 2.75 bits per heavy atom. The van der Waals surface area contributed by atoms with Crippen LogP contribution in [0.25, 0.3) is 6.08 Å². The van der Waals surface area contributed by atoms with Gasteiger partial charge in [0, 0.05) is 19.2 Å². The summed E-state index contributed by atoms with van der Waals surface area (Å²) in [5.74, 6) is 1.86. The van der Waals surface area contributed by atoms with Crippen LogP contribution in [0, 0.1) is 11.3 Å². The van der Waals surface area contributed by atoms with Crippen LogP contribution in [0.3, 0.4) is 0 Å². The number of benzene rings is 1. The first-order valence-corrected chi connectivity index (χ1v) is 11.6. The van der Waals surface area contributed by atoms with E-state index in [1.54, 1.807) is 6.08 Å². The molecule has 164 valence electrons. The third-order valence-corrected chi connectivity index (χ3v) is 6.91. The number of nitrogens with zero attached hydrogens (tertiary/aromatic N) is 4. The highest BCUT2D eigenvalue weighted by molar-refractivity contribution is 8.26. The molecule has 0 N–H and O–H groups in total. The number of aromatic nitrogens is 1. The maximum atomic E-state index is 13.0. The number of thiocarbonyl (C=S) groups is 1. The number of hydrogen-bond donors (Lipinski definition) is 0. The van der Waals surface area contributed by atoms with Crippen LogP contribution in [0.1, 0.15) is 42.8 Å². The highest BCUT2D eigenvalue weighted by atomic mass is 32.2. The lowest BCUT2D eigenvalue weighted by molar-refractivity contribution is -0.122. The summed E-state index contributed by atoms with van der Waals surface area (Å²) >= 11 is 6.64. The SMILES string of the molecule is N#Cc1nc(/C=C2/SC(=S)N(Cc3ccc4c(c3)OCO4)C2=O)oc1N1CCCCCC1. The van der Waals surface area contributed by atoms with Gasteiger partial charge in [0.2, 0.25) is 24.3 Å². The fourth-order valence-electron chi connectivity index (χ4n) is 3.92. The average molecular weight is 469 g/mol. The Morgan fingerprint density at radius 2 is 1.97 bits per heavy atom. The van der Waals surface area contributed by atoms with Crippen LogP contribution in [-0.2, 0) is 11.3 Å². The van der Waals surface area contributed by atoms with Crippen molar-refractivity contribution in [2.45, 2.75) is 32.2 Å². The Kier molecular flexibility index (Phi) is 5.76. The standard InChI is InChI=1S/C22H20N4O4S2/c23-11-15-21(25-7-3-1-2-4-8-25)30-19(24-15)10-18-20(27)26(22(31)32-18)12-14-5-6-16-17(9-14)29-13-28-16/h5-6,9-10H,1-4,7-8,12-13H2/b18-10+. The van der Waals surface area contributed by atoms with Crippen LogP contribution in [0.2, 0.25) is 0 Å². The third kappa shape index (κ3) is 4.06. The maximum absolute atomic E-state index is 13.0. The van der Waals surface area contributed by atoms with Crippen molar-refractivity contribution in [1.29, 1.82) is 5.26 Å². The van der Waals surface area contributed by atoms with Gasteiger partial charge < -0.3 is 18.8 Å². The van der Waals surface area contributed by atoms with E-state index < -0.39 is 0 Å². The molecule has 0 saturated carbocycles. The number of fused-ring (bicyclic) bond motifs is 1. The predicted molar refractivity (Wildman–Crippen MR) is 123 cm³/mol. The van der Waals surface area contributed by atoms with Crippen LogP contribution < -0.4 is 14.4 Å². The number of amides is 1. The van der Waals surface area contributed by atoms with Gasteiger partial charge in [0.15, 0.2) is 11.5 Å². The highest BCUT2D eigenvalue weighted by Gasteiger charge is 2.33. The number of hydrogen-bond acceptors (Lipinski definition) is 9. The Hall–Kier alpha value is -3.03. The smallest absolute Gasteiger partial charge is 0.266 e. The van der Waals surface area contributed by atoms with E-state index in [1.807, 2.05) is 18.2 Å². The second-order valence-electron chi connectivity index (χ2n) is 7.67. The van der Waals surface area contributed by atoms with E-state index >= 15 is 0 Å². The van der Waals surface area contributed by atoms with E-state index in [-0.39, 0.29) is 24.3 Å². The minimum absolute atomic E-state index is 0.197. The molecule has 0 unspecified atom stereocenters. The zero-order chi connectivity index (χ0) is 22.1. The fourth-order valence-corrected chi connectivity index (χ4v) is 5.14. The number of thioether (sulfide) groups is 1. The fraction of sp³-hybridized carbons (Fsp3) is 0.364. The molecule has 8 nitrogen and oxygen atoms in total. The number of ether oxygens (including phenoxy) is 2. The number of carbonyl (C=O) groups excluding carboxylic acids is 1. The largest absolute Gasteiger partial charge is 0.454 e. The zero-order valence-corrected chi connectivity index (χ0v) is 18.8. The molecule has 5 rings (SSSR count). The van der Waals surface area contributed by atoms with Crippen molar-refractivity contribution >= 4 is 46.2 Å². The van der Waals surface area contributed by atoms with Gasteiger partial charge in [-0.2, -0.15) is 10.2 Å². The predicted octanol–water partition coefficient (Wildman–Crippen LogP) is 4.06. The monoisotopic (exact) mass is 468 g/mol. The van der Waals surface area contributed by atoms with Crippen LogP contribution in [0.4, 0.5) is 5.88 Å². The number of nitriles is 1. The van der Waals surface area contributed by atoms with Crippen LogP contribution in [0.5, 0.6) is 11.5 Å².